The van der Waals surface area contributed by atoms with Gasteiger partial charge in [-0.15, -0.1) is 11.3 Å². The molecule has 0 radical (unpaired) electrons. The number of halogens is 3. The second-order valence-electron chi connectivity index (χ2n) is 6.99. The van der Waals surface area contributed by atoms with E-state index in [1.54, 1.807) is 0 Å². The smallest absolute Gasteiger partial charge is 0.348 e. The second-order valence-corrected chi connectivity index (χ2v) is 8.02. The van der Waals surface area contributed by atoms with Gasteiger partial charge < -0.3 is 10.2 Å². The van der Waals surface area contributed by atoms with Crippen LogP contribution in [0.5, 0.6) is 0 Å². The molecule has 136 valence electrons. The molecule has 25 heavy (non-hydrogen) atoms. The van der Waals surface area contributed by atoms with Crippen molar-refractivity contribution in [2.75, 3.05) is 7.05 Å². The molecule has 4 rings (SSSR count). The fourth-order valence-electron chi connectivity index (χ4n) is 4.15. The van der Waals surface area contributed by atoms with E-state index < -0.39 is 11.9 Å². The van der Waals surface area contributed by atoms with Crippen LogP contribution in [0.25, 0.3) is 10.2 Å². The number of thiophene rings is 1. The molecule has 0 aliphatic carbocycles. The maximum atomic E-state index is 13.1. The van der Waals surface area contributed by atoms with Crippen LogP contribution in [0.15, 0.2) is 6.07 Å². The van der Waals surface area contributed by atoms with Crippen molar-refractivity contribution in [3.63, 3.8) is 0 Å². The first-order valence-electron chi connectivity index (χ1n) is 8.30. The van der Waals surface area contributed by atoms with Gasteiger partial charge in [0.25, 0.3) is 5.91 Å². The molecule has 2 bridgehead atoms. The number of aromatic nitrogens is 2. The zero-order valence-electron chi connectivity index (χ0n) is 13.9. The van der Waals surface area contributed by atoms with Gasteiger partial charge in [-0.3, -0.25) is 9.48 Å². The van der Waals surface area contributed by atoms with Crippen molar-refractivity contribution in [1.29, 1.82) is 0 Å². The van der Waals surface area contributed by atoms with Gasteiger partial charge in [0, 0.05) is 30.6 Å². The molecule has 2 unspecified atom stereocenters. The van der Waals surface area contributed by atoms with Crippen LogP contribution < -0.4 is 5.32 Å². The summed E-state index contributed by atoms with van der Waals surface area (Å²) in [6.07, 6.45) is -0.423. The van der Waals surface area contributed by atoms with Gasteiger partial charge >= 0.3 is 6.18 Å². The molecule has 1 amide bonds. The first-order chi connectivity index (χ1) is 11.7. The van der Waals surface area contributed by atoms with E-state index in [1.165, 1.54) is 17.8 Å². The van der Waals surface area contributed by atoms with Crippen molar-refractivity contribution < 1.29 is 18.0 Å². The van der Waals surface area contributed by atoms with E-state index in [0.717, 1.165) is 37.0 Å². The van der Waals surface area contributed by atoms with Gasteiger partial charge in [-0.1, -0.05) is 0 Å². The Kier molecular flexibility index (Phi) is 3.84. The highest BCUT2D eigenvalue weighted by Gasteiger charge is 2.40. The van der Waals surface area contributed by atoms with E-state index in [9.17, 15) is 18.0 Å². The number of hydrogen-bond acceptors (Lipinski definition) is 4. The molecule has 0 aromatic carbocycles. The Labute approximate surface area is 146 Å². The molecule has 2 aliphatic rings. The predicted octanol–water partition coefficient (Wildman–Crippen LogP) is 3.01. The summed E-state index contributed by atoms with van der Waals surface area (Å²) in [7, 11) is 3.59. The van der Waals surface area contributed by atoms with Crippen LogP contribution in [-0.2, 0) is 13.2 Å². The number of rotatable bonds is 2. The summed E-state index contributed by atoms with van der Waals surface area (Å²) in [5.74, 6) is -0.289. The summed E-state index contributed by atoms with van der Waals surface area (Å²) in [6, 6.07) is 2.39. The molecule has 2 aromatic rings. The molecular weight excluding hydrogens is 353 g/mol. The molecule has 2 fully saturated rings. The number of aryl methyl sites for hydroxylation is 1. The Bertz CT molecular complexity index is 813. The zero-order valence-corrected chi connectivity index (χ0v) is 14.7. The fourth-order valence-corrected chi connectivity index (χ4v) is 5.12. The molecule has 0 saturated carbocycles. The van der Waals surface area contributed by atoms with E-state index in [1.807, 2.05) is 0 Å². The Balaban J connectivity index is 1.55. The number of hydrogen-bond donors (Lipinski definition) is 1. The Morgan fingerprint density at radius 2 is 1.92 bits per heavy atom. The summed E-state index contributed by atoms with van der Waals surface area (Å²) < 4.78 is 40.4. The number of carbonyl (C=O) groups excluding carboxylic acids is 1. The number of piperidine rings is 1. The average molecular weight is 372 g/mol. The molecule has 1 N–H and O–H groups in total. The standard InChI is InChI=1S/C16H19F3N4OS/c1-22-9-3-4-10(22)6-8(5-9)20-14(24)12-7-11-13(16(17,18)19)21-23(2)15(11)25-12/h7-10H,3-6H2,1-2H3,(H,20,24). The molecular formula is C16H19F3N4OS. The maximum absolute atomic E-state index is 13.1. The fraction of sp³-hybridized carbons (Fsp3) is 0.625. The van der Waals surface area contributed by atoms with Crippen molar-refractivity contribution in [3.8, 4) is 0 Å². The number of nitrogens with one attached hydrogen (secondary N) is 1. The topological polar surface area (TPSA) is 50.2 Å². The van der Waals surface area contributed by atoms with Gasteiger partial charge in [-0.25, -0.2) is 0 Å². The third kappa shape index (κ3) is 2.83. The normalized spacial score (nSPS) is 27.2. The number of fused-ring (bicyclic) bond motifs is 3. The first kappa shape index (κ1) is 16.8. The highest BCUT2D eigenvalue weighted by molar-refractivity contribution is 7.20. The van der Waals surface area contributed by atoms with E-state index in [-0.39, 0.29) is 17.3 Å². The lowest BCUT2D eigenvalue weighted by molar-refractivity contribution is -0.140. The van der Waals surface area contributed by atoms with Crippen LogP contribution in [0.4, 0.5) is 13.2 Å². The van der Waals surface area contributed by atoms with E-state index in [0.29, 0.717) is 21.8 Å². The number of nitrogens with zero attached hydrogens (tertiary/aromatic N) is 3. The molecule has 9 heteroatoms. The lowest BCUT2D eigenvalue weighted by atomic mass is 9.98. The molecule has 2 aliphatic heterocycles. The minimum absolute atomic E-state index is 0.00593. The quantitative estimate of drug-likeness (QED) is 0.882. The van der Waals surface area contributed by atoms with E-state index >= 15 is 0 Å². The van der Waals surface area contributed by atoms with Gasteiger partial charge in [-0.05, 0) is 38.8 Å². The Hall–Kier alpha value is -1.61. The summed E-state index contributed by atoms with van der Waals surface area (Å²) in [5.41, 5.74) is -0.933. The highest BCUT2D eigenvalue weighted by atomic mass is 32.1. The van der Waals surface area contributed by atoms with E-state index in [4.69, 9.17) is 0 Å². The lowest BCUT2D eigenvalue weighted by Crippen LogP contribution is -2.48. The van der Waals surface area contributed by atoms with Crippen LogP contribution in [0.3, 0.4) is 0 Å². The Morgan fingerprint density at radius 3 is 2.52 bits per heavy atom. The van der Waals surface area contributed by atoms with Crippen molar-refractivity contribution in [3.05, 3.63) is 16.6 Å². The van der Waals surface area contributed by atoms with Crippen molar-refractivity contribution >= 4 is 27.5 Å². The summed E-state index contributed by atoms with van der Waals surface area (Å²) in [6.45, 7) is 0. The van der Waals surface area contributed by atoms with E-state index in [2.05, 4.69) is 22.4 Å². The molecule has 4 heterocycles. The zero-order chi connectivity index (χ0) is 17.9. The largest absolute Gasteiger partial charge is 0.435 e. The van der Waals surface area contributed by atoms with Gasteiger partial charge in [0.2, 0.25) is 0 Å². The van der Waals surface area contributed by atoms with Crippen molar-refractivity contribution in [1.82, 2.24) is 20.0 Å². The van der Waals surface area contributed by atoms with Gasteiger partial charge in [-0.2, -0.15) is 18.3 Å². The number of carbonyl (C=O) groups is 1. The van der Waals surface area contributed by atoms with Crippen LogP contribution >= 0.6 is 11.3 Å². The summed E-state index contributed by atoms with van der Waals surface area (Å²) in [4.78, 5) is 15.6. The minimum Gasteiger partial charge on any atom is -0.348 e. The molecule has 2 saturated heterocycles. The van der Waals surface area contributed by atoms with Gasteiger partial charge in [0.1, 0.15) is 4.83 Å². The SMILES string of the molecule is CN1C2CCC1CC(NC(=O)c1cc3c(C(F)(F)F)nn(C)c3s1)C2. The molecule has 0 spiro atoms. The Morgan fingerprint density at radius 1 is 1.28 bits per heavy atom. The third-order valence-corrected chi connectivity index (χ3v) is 6.64. The lowest BCUT2D eigenvalue weighted by Gasteiger charge is -2.36. The van der Waals surface area contributed by atoms with Gasteiger partial charge in [0.15, 0.2) is 5.69 Å². The minimum atomic E-state index is -4.53. The average Bonchev–Trinajstić information content (AvgIpc) is 3.12. The first-order valence-corrected chi connectivity index (χ1v) is 9.12. The summed E-state index contributed by atoms with van der Waals surface area (Å²) in [5, 5.41) is 6.55. The summed E-state index contributed by atoms with van der Waals surface area (Å²) >= 11 is 1.05. The molecule has 2 atom stereocenters. The van der Waals surface area contributed by atoms with Crippen molar-refractivity contribution in [2.45, 2.75) is 50.0 Å². The van der Waals surface area contributed by atoms with Crippen LogP contribution in [0.1, 0.15) is 41.0 Å². The highest BCUT2D eigenvalue weighted by Crippen LogP contribution is 2.38. The van der Waals surface area contributed by atoms with Gasteiger partial charge in [0.05, 0.1) is 4.88 Å². The van der Waals surface area contributed by atoms with Crippen LogP contribution in [-0.4, -0.2) is 45.8 Å². The van der Waals surface area contributed by atoms with Crippen molar-refractivity contribution in [2.24, 2.45) is 7.05 Å². The monoisotopic (exact) mass is 372 g/mol. The number of amides is 1. The maximum Gasteiger partial charge on any atom is 0.435 e. The predicted molar refractivity (Wildman–Crippen MR) is 88.7 cm³/mol. The number of alkyl halides is 3. The third-order valence-electron chi connectivity index (χ3n) is 5.44. The van der Waals surface area contributed by atoms with Crippen LogP contribution in [0, 0.1) is 0 Å². The molecule has 5 nitrogen and oxygen atoms in total. The van der Waals surface area contributed by atoms with Crippen LogP contribution in [0.2, 0.25) is 0 Å². The second kappa shape index (κ2) is 5.70. The molecule has 2 aromatic heterocycles.